The van der Waals surface area contributed by atoms with E-state index < -0.39 is 0 Å². The molecule has 0 heterocycles. The Bertz CT molecular complexity index is 163. The molecule has 1 saturated carbocycles. The van der Waals surface area contributed by atoms with Crippen molar-refractivity contribution in [1.82, 2.24) is 0 Å². The minimum atomic E-state index is 0.490. The Morgan fingerprint density at radius 1 is 1.60 bits per heavy atom. The van der Waals surface area contributed by atoms with Crippen LogP contribution in [0.2, 0.25) is 0 Å². The zero-order chi connectivity index (χ0) is 7.78. The first-order valence-corrected chi connectivity index (χ1v) is 4.13. The van der Waals surface area contributed by atoms with E-state index in [1.165, 1.54) is 12.8 Å². The summed E-state index contributed by atoms with van der Waals surface area (Å²) in [6, 6.07) is 0. The number of rotatable bonds is 2. The van der Waals surface area contributed by atoms with Crippen molar-refractivity contribution in [3.8, 4) is 12.3 Å². The second kappa shape index (κ2) is 2.31. The second-order valence-corrected chi connectivity index (χ2v) is 3.69. The van der Waals surface area contributed by atoms with E-state index in [0.717, 1.165) is 5.92 Å². The maximum atomic E-state index is 5.38. The summed E-state index contributed by atoms with van der Waals surface area (Å²) in [6.07, 6.45) is 7.94. The highest BCUT2D eigenvalue weighted by Gasteiger charge is 2.56. The van der Waals surface area contributed by atoms with Crippen LogP contribution < -0.4 is 0 Å². The first kappa shape index (κ1) is 7.66. The van der Waals surface area contributed by atoms with Gasteiger partial charge in [0.1, 0.15) is 0 Å². The predicted octanol–water partition coefficient (Wildman–Crippen LogP) is 2.69. The summed E-state index contributed by atoms with van der Waals surface area (Å²) in [5.74, 6) is 4.19. The fraction of sp³-hybridized carbons (Fsp3) is 0.800. The van der Waals surface area contributed by atoms with Crippen molar-refractivity contribution in [3.05, 3.63) is 0 Å². The SMILES string of the molecule is C#CC1C(C)C1(C)CCC. The van der Waals surface area contributed by atoms with Crippen molar-refractivity contribution in [3.63, 3.8) is 0 Å². The molecule has 56 valence electrons. The Hall–Kier alpha value is -0.440. The minimum Gasteiger partial charge on any atom is -0.120 e. The fourth-order valence-electron chi connectivity index (χ4n) is 2.05. The molecule has 0 aromatic carbocycles. The summed E-state index contributed by atoms with van der Waals surface area (Å²) in [5.41, 5.74) is 0.490. The van der Waals surface area contributed by atoms with Gasteiger partial charge in [0.05, 0.1) is 0 Å². The van der Waals surface area contributed by atoms with Gasteiger partial charge in [-0.2, -0.15) is 0 Å². The summed E-state index contributed by atoms with van der Waals surface area (Å²) in [5, 5.41) is 0. The van der Waals surface area contributed by atoms with Crippen LogP contribution in [0.3, 0.4) is 0 Å². The van der Waals surface area contributed by atoms with Gasteiger partial charge >= 0.3 is 0 Å². The summed E-state index contributed by atoms with van der Waals surface area (Å²) < 4.78 is 0. The van der Waals surface area contributed by atoms with Crippen molar-refractivity contribution in [2.24, 2.45) is 17.3 Å². The van der Waals surface area contributed by atoms with Gasteiger partial charge in [-0.1, -0.05) is 27.2 Å². The number of terminal acetylenes is 1. The smallest absolute Gasteiger partial charge is 0.0288 e. The molecule has 1 rings (SSSR count). The lowest BCUT2D eigenvalue weighted by Crippen LogP contribution is -1.96. The third-order valence-electron chi connectivity index (χ3n) is 3.11. The molecule has 0 saturated heterocycles. The fourth-order valence-corrected chi connectivity index (χ4v) is 2.05. The minimum absolute atomic E-state index is 0.490. The maximum absolute atomic E-state index is 5.38. The molecular weight excluding hydrogens is 120 g/mol. The lowest BCUT2D eigenvalue weighted by atomic mass is 9.99. The average molecular weight is 136 g/mol. The van der Waals surface area contributed by atoms with Crippen molar-refractivity contribution in [2.45, 2.75) is 33.6 Å². The van der Waals surface area contributed by atoms with Gasteiger partial charge < -0.3 is 0 Å². The van der Waals surface area contributed by atoms with E-state index in [9.17, 15) is 0 Å². The quantitative estimate of drug-likeness (QED) is 0.512. The molecule has 0 heteroatoms. The topological polar surface area (TPSA) is 0 Å². The van der Waals surface area contributed by atoms with Crippen molar-refractivity contribution >= 4 is 0 Å². The zero-order valence-electron chi connectivity index (χ0n) is 7.15. The zero-order valence-corrected chi connectivity index (χ0v) is 7.15. The molecule has 3 unspecified atom stereocenters. The predicted molar refractivity (Wildman–Crippen MR) is 44.5 cm³/mol. The molecular formula is C10H16. The van der Waals surface area contributed by atoms with Gasteiger partial charge in [-0.25, -0.2) is 0 Å². The molecule has 0 amide bonds. The third-order valence-corrected chi connectivity index (χ3v) is 3.11. The lowest BCUT2D eigenvalue weighted by Gasteiger charge is -2.05. The van der Waals surface area contributed by atoms with Crippen LogP contribution in [0.4, 0.5) is 0 Å². The largest absolute Gasteiger partial charge is 0.120 e. The Morgan fingerprint density at radius 2 is 2.20 bits per heavy atom. The van der Waals surface area contributed by atoms with Gasteiger partial charge in [0.25, 0.3) is 0 Å². The Morgan fingerprint density at radius 3 is 2.50 bits per heavy atom. The van der Waals surface area contributed by atoms with Crippen LogP contribution in [-0.4, -0.2) is 0 Å². The van der Waals surface area contributed by atoms with Crippen LogP contribution in [0.15, 0.2) is 0 Å². The Balaban J connectivity index is 2.52. The van der Waals surface area contributed by atoms with Gasteiger partial charge in [-0.3, -0.25) is 0 Å². The van der Waals surface area contributed by atoms with Crippen LogP contribution >= 0.6 is 0 Å². The summed E-state index contributed by atoms with van der Waals surface area (Å²) in [4.78, 5) is 0. The number of hydrogen-bond donors (Lipinski definition) is 0. The molecule has 1 aliphatic carbocycles. The lowest BCUT2D eigenvalue weighted by molar-refractivity contribution is 0.456. The molecule has 1 fully saturated rings. The molecule has 0 spiro atoms. The highest BCUT2D eigenvalue weighted by Crippen LogP contribution is 2.60. The monoisotopic (exact) mass is 136 g/mol. The summed E-state index contributed by atoms with van der Waals surface area (Å²) in [7, 11) is 0. The molecule has 0 radical (unpaired) electrons. The Labute approximate surface area is 64.0 Å². The molecule has 0 aromatic heterocycles. The highest BCUT2D eigenvalue weighted by molar-refractivity contribution is 5.18. The van der Waals surface area contributed by atoms with E-state index in [1.807, 2.05) is 0 Å². The molecule has 0 aromatic rings. The van der Waals surface area contributed by atoms with Crippen molar-refractivity contribution < 1.29 is 0 Å². The standard InChI is InChI=1S/C10H16/c1-5-7-10(4)8(3)9(10)6-2/h2,8-9H,5,7H2,1,3-4H3. The van der Waals surface area contributed by atoms with Gasteiger partial charge in [-0.15, -0.1) is 12.3 Å². The van der Waals surface area contributed by atoms with Crippen LogP contribution in [0.25, 0.3) is 0 Å². The first-order chi connectivity index (χ1) is 4.66. The van der Waals surface area contributed by atoms with Gasteiger partial charge in [-0.05, 0) is 17.8 Å². The summed E-state index contributed by atoms with van der Waals surface area (Å²) in [6.45, 7) is 6.80. The van der Waals surface area contributed by atoms with Gasteiger partial charge in [0, 0.05) is 5.92 Å². The normalized spacial score (nSPS) is 44.6. The first-order valence-electron chi connectivity index (χ1n) is 4.13. The molecule has 0 N–H and O–H groups in total. The van der Waals surface area contributed by atoms with E-state index in [1.54, 1.807) is 0 Å². The number of hydrogen-bond acceptors (Lipinski definition) is 0. The molecule has 0 bridgehead atoms. The Kier molecular flexibility index (Phi) is 1.77. The van der Waals surface area contributed by atoms with Crippen LogP contribution in [0.1, 0.15) is 33.6 Å². The van der Waals surface area contributed by atoms with Crippen LogP contribution in [0, 0.1) is 29.6 Å². The summed E-state index contributed by atoms with van der Waals surface area (Å²) >= 11 is 0. The van der Waals surface area contributed by atoms with E-state index in [4.69, 9.17) is 6.42 Å². The van der Waals surface area contributed by atoms with E-state index >= 15 is 0 Å². The molecule has 0 nitrogen and oxygen atoms in total. The van der Waals surface area contributed by atoms with E-state index in [0.29, 0.717) is 11.3 Å². The van der Waals surface area contributed by atoms with E-state index in [2.05, 4.69) is 26.7 Å². The molecule has 1 aliphatic rings. The molecule has 0 aliphatic heterocycles. The molecule has 10 heavy (non-hydrogen) atoms. The van der Waals surface area contributed by atoms with Crippen LogP contribution in [-0.2, 0) is 0 Å². The highest BCUT2D eigenvalue weighted by atomic mass is 14.6. The van der Waals surface area contributed by atoms with E-state index in [-0.39, 0.29) is 0 Å². The molecule has 3 atom stereocenters. The van der Waals surface area contributed by atoms with Crippen molar-refractivity contribution in [1.29, 1.82) is 0 Å². The second-order valence-electron chi connectivity index (χ2n) is 3.69. The van der Waals surface area contributed by atoms with Crippen LogP contribution in [0.5, 0.6) is 0 Å². The van der Waals surface area contributed by atoms with Gasteiger partial charge in [0.15, 0.2) is 0 Å². The van der Waals surface area contributed by atoms with Gasteiger partial charge in [0.2, 0.25) is 0 Å². The van der Waals surface area contributed by atoms with Crippen molar-refractivity contribution in [2.75, 3.05) is 0 Å². The maximum Gasteiger partial charge on any atom is 0.0288 e. The average Bonchev–Trinajstić information content (AvgIpc) is 2.37. The third kappa shape index (κ3) is 0.850.